The van der Waals surface area contributed by atoms with E-state index in [0.717, 1.165) is 12.1 Å². The van der Waals surface area contributed by atoms with Crippen molar-refractivity contribution in [2.24, 2.45) is 0 Å². The molecule has 2 saturated heterocycles. The van der Waals surface area contributed by atoms with Crippen LogP contribution in [0.2, 0.25) is 0 Å². The molecule has 7 heteroatoms. The van der Waals surface area contributed by atoms with Crippen molar-refractivity contribution in [2.45, 2.75) is 24.9 Å². The molecule has 2 aliphatic heterocycles. The number of carbonyl (C=O) groups is 2. The molecule has 1 aromatic rings. The molecule has 0 aliphatic carbocycles. The van der Waals surface area contributed by atoms with Crippen molar-refractivity contribution in [1.82, 2.24) is 10.6 Å². The largest absolute Gasteiger partial charge is 0.488 e. The van der Waals surface area contributed by atoms with Gasteiger partial charge in [-0.15, -0.1) is 0 Å². The molecule has 1 aromatic carbocycles. The first-order valence-electron chi connectivity index (χ1n) is 6.74. The number of carbonyl (C=O) groups excluding carboxylic acids is 2. The summed E-state index contributed by atoms with van der Waals surface area (Å²) in [4.78, 5) is 22.8. The summed E-state index contributed by atoms with van der Waals surface area (Å²) in [5.74, 6) is -3.62. The fourth-order valence-corrected chi connectivity index (χ4v) is 2.47. The normalized spacial score (nSPS) is 22.7. The van der Waals surface area contributed by atoms with Gasteiger partial charge < -0.3 is 10.1 Å². The molecule has 2 fully saturated rings. The SMILES string of the molecule is O=C1CC[C@H](c2c(F)cc(OC3CNC3)cc2F)C(=O)N1. The monoisotopic (exact) mass is 296 g/mol. The fraction of sp³-hybridized carbons (Fsp3) is 0.429. The maximum absolute atomic E-state index is 14.1. The second-order valence-electron chi connectivity index (χ2n) is 5.20. The Hall–Kier alpha value is -2.02. The van der Waals surface area contributed by atoms with Gasteiger partial charge in [0.1, 0.15) is 23.5 Å². The smallest absolute Gasteiger partial charge is 0.234 e. The Bertz CT molecular complexity index is 579. The molecule has 3 rings (SSSR count). The zero-order valence-electron chi connectivity index (χ0n) is 11.1. The summed E-state index contributed by atoms with van der Waals surface area (Å²) in [6, 6.07) is 2.17. The number of hydrogen-bond acceptors (Lipinski definition) is 4. The van der Waals surface area contributed by atoms with Crippen molar-refractivity contribution in [1.29, 1.82) is 0 Å². The van der Waals surface area contributed by atoms with Crippen molar-refractivity contribution >= 4 is 11.8 Å². The number of piperidine rings is 1. The van der Waals surface area contributed by atoms with Gasteiger partial charge in [0.05, 0.1) is 5.92 Å². The molecule has 0 unspecified atom stereocenters. The number of ether oxygens (including phenoxy) is 1. The van der Waals surface area contributed by atoms with Gasteiger partial charge in [-0.25, -0.2) is 8.78 Å². The lowest BCUT2D eigenvalue weighted by Crippen LogP contribution is -2.50. The summed E-state index contributed by atoms with van der Waals surface area (Å²) < 4.78 is 33.7. The molecule has 2 aliphatic rings. The molecule has 0 spiro atoms. The number of halogens is 2. The zero-order valence-corrected chi connectivity index (χ0v) is 11.1. The summed E-state index contributed by atoms with van der Waals surface area (Å²) in [5, 5.41) is 5.08. The molecular formula is C14H14F2N2O3. The molecule has 2 amide bonds. The highest BCUT2D eigenvalue weighted by Crippen LogP contribution is 2.32. The predicted octanol–water partition coefficient (Wildman–Crippen LogP) is 0.836. The maximum atomic E-state index is 14.1. The number of nitrogens with one attached hydrogen (secondary N) is 2. The molecule has 0 aromatic heterocycles. The number of amides is 2. The Balaban J connectivity index is 1.85. The number of imide groups is 1. The Labute approximate surface area is 119 Å². The van der Waals surface area contributed by atoms with E-state index in [9.17, 15) is 18.4 Å². The van der Waals surface area contributed by atoms with Gasteiger partial charge in [0.2, 0.25) is 11.8 Å². The summed E-state index contributed by atoms with van der Waals surface area (Å²) in [5.41, 5.74) is -0.306. The van der Waals surface area contributed by atoms with Gasteiger partial charge in [0.15, 0.2) is 0 Å². The van der Waals surface area contributed by atoms with E-state index in [2.05, 4.69) is 10.6 Å². The molecule has 0 bridgehead atoms. The molecule has 5 nitrogen and oxygen atoms in total. The van der Waals surface area contributed by atoms with Gasteiger partial charge in [-0.2, -0.15) is 0 Å². The highest BCUT2D eigenvalue weighted by atomic mass is 19.1. The first-order valence-corrected chi connectivity index (χ1v) is 6.74. The predicted molar refractivity (Wildman–Crippen MR) is 68.8 cm³/mol. The van der Waals surface area contributed by atoms with Gasteiger partial charge in [0.25, 0.3) is 0 Å². The second-order valence-corrected chi connectivity index (χ2v) is 5.20. The minimum absolute atomic E-state index is 0.0707. The van der Waals surface area contributed by atoms with Crippen LogP contribution in [0.25, 0.3) is 0 Å². The van der Waals surface area contributed by atoms with E-state index in [-0.39, 0.29) is 30.3 Å². The third-order valence-corrected chi connectivity index (χ3v) is 3.69. The standard InChI is InChI=1S/C14H14F2N2O3/c15-10-3-7(21-8-5-17-6-8)4-11(16)13(10)9-1-2-12(19)18-14(9)20/h3-4,8-9,17H,1-2,5-6H2,(H,18,19,20)/t9-/m1/s1. The molecule has 0 saturated carbocycles. The van der Waals surface area contributed by atoms with Crippen LogP contribution in [-0.2, 0) is 9.59 Å². The number of benzene rings is 1. The molecular weight excluding hydrogens is 282 g/mol. The number of hydrogen-bond donors (Lipinski definition) is 2. The summed E-state index contributed by atoms with van der Waals surface area (Å²) >= 11 is 0. The van der Waals surface area contributed by atoms with Crippen LogP contribution in [-0.4, -0.2) is 31.0 Å². The van der Waals surface area contributed by atoms with Gasteiger partial charge in [-0.05, 0) is 6.42 Å². The Morgan fingerprint density at radius 3 is 2.33 bits per heavy atom. The highest BCUT2D eigenvalue weighted by Gasteiger charge is 2.33. The van der Waals surface area contributed by atoms with Crippen molar-refractivity contribution in [3.63, 3.8) is 0 Å². The van der Waals surface area contributed by atoms with Crippen LogP contribution in [0.5, 0.6) is 5.75 Å². The van der Waals surface area contributed by atoms with Gasteiger partial charge in [-0.1, -0.05) is 0 Å². The van der Waals surface area contributed by atoms with E-state index in [1.165, 1.54) is 0 Å². The van der Waals surface area contributed by atoms with Crippen molar-refractivity contribution in [2.75, 3.05) is 13.1 Å². The lowest BCUT2D eigenvalue weighted by molar-refractivity contribution is -0.134. The van der Waals surface area contributed by atoms with E-state index >= 15 is 0 Å². The maximum Gasteiger partial charge on any atom is 0.234 e. The van der Waals surface area contributed by atoms with Crippen LogP contribution >= 0.6 is 0 Å². The fourth-order valence-electron chi connectivity index (χ4n) is 2.47. The van der Waals surface area contributed by atoms with Crippen LogP contribution < -0.4 is 15.4 Å². The van der Waals surface area contributed by atoms with Crippen molar-refractivity contribution in [3.05, 3.63) is 29.3 Å². The Morgan fingerprint density at radius 1 is 1.14 bits per heavy atom. The topological polar surface area (TPSA) is 67.4 Å². The first-order chi connectivity index (χ1) is 10.0. The number of rotatable bonds is 3. The minimum Gasteiger partial charge on any atom is -0.488 e. The lowest BCUT2D eigenvalue weighted by atomic mass is 9.89. The highest BCUT2D eigenvalue weighted by molar-refractivity contribution is 6.00. The second kappa shape index (κ2) is 5.40. The van der Waals surface area contributed by atoms with E-state index < -0.39 is 29.4 Å². The lowest BCUT2D eigenvalue weighted by Gasteiger charge is -2.28. The van der Waals surface area contributed by atoms with Crippen LogP contribution in [0.4, 0.5) is 8.78 Å². The molecule has 0 radical (unpaired) electrons. The van der Waals surface area contributed by atoms with E-state index in [4.69, 9.17) is 4.74 Å². The quantitative estimate of drug-likeness (QED) is 0.811. The molecule has 21 heavy (non-hydrogen) atoms. The summed E-state index contributed by atoms with van der Waals surface area (Å²) in [6.45, 7) is 1.27. The zero-order chi connectivity index (χ0) is 15.0. The minimum atomic E-state index is -0.984. The Morgan fingerprint density at radius 2 is 1.81 bits per heavy atom. The van der Waals surface area contributed by atoms with Crippen LogP contribution in [0.15, 0.2) is 12.1 Å². The average Bonchev–Trinajstić information content (AvgIpc) is 2.35. The first kappa shape index (κ1) is 13.9. The molecule has 112 valence electrons. The van der Waals surface area contributed by atoms with Gasteiger partial charge in [-0.3, -0.25) is 14.9 Å². The third kappa shape index (κ3) is 2.73. The third-order valence-electron chi connectivity index (χ3n) is 3.69. The van der Waals surface area contributed by atoms with E-state index in [1.807, 2.05) is 0 Å². The molecule has 1 atom stereocenters. The van der Waals surface area contributed by atoms with Crippen LogP contribution in [0.1, 0.15) is 24.3 Å². The van der Waals surface area contributed by atoms with Crippen LogP contribution in [0.3, 0.4) is 0 Å². The molecule has 2 heterocycles. The van der Waals surface area contributed by atoms with Crippen molar-refractivity contribution < 1.29 is 23.1 Å². The van der Waals surface area contributed by atoms with Crippen molar-refractivity contribution in [3.8, 4) is 5.75 Å². The average molecular weight is 296 g/mol. The van der Waals surface area contributed by atoms with Gasteiger partial charge >= 0.3 is 0 Å². The summed E-state index contributed by atoms with van der Waals surface area (Å²) in [7, 11) is 0. The summed E-state index contributed by atoms with van der Waals surface area (Å²) in [6.07, 6.45) is 0.0808. The Kier molecular flexibility index (Phi) is 3.59. The van der Waals surface area contributed by atoms with E-state index in [1.54, 1.807) is 0 Å². The van der Waals surface area contributed by atoms with E-state index in [0.29, 0.717) is 13.1 Å². The van der Waals surface area contributed by atoms with Gasteiger partial charge in [0, 0.05) is 37.2 Å². The van der Waals surface area contributed by atoms with Crippen LogP contribution in [0, 0.1) is 11.6 Å². The molecule has 2 N–H and O–H groups in total.